The summed E-state index contributed by atoms with van der Waals surface area (Å²) in [6.45, 7) is 4.67. The first-order valence-electron chi connectivity index (χ1n) is 8.35. The fourth-order valence-electron chi connectivity index (χ4n) is 2.90. The van der Waals surface area contributed by atoms with Gasteiger partial charge in [0, 0.05) is 11.3 Å². The third-order valence-corrected chi connectivity index (χ3v) is 4.05. The van der Waals surface area contributed by atoms with Crippen molar-refractivity contribution >= 4 is 11.6 Å². The lowest BCUT2D eigenvalue weighted by molar-refractivity contribution is 0.295. The highest BCUT2D eigenvalue weighted by Gasteiger charge is 2.17. The van der Waals surface area contributed by atoms with Gasteiger partial charge in [0.25, 0.3) is 0 Å². The zero-order valence-electron chi connectivity index (χ0n) is 15.7. The molecule has 2 aromatic carbocycles. The Hall–Kier alpha value is -2.53. The fraction of sp³-hybridized carbons (Fsp3) is 0.350. The fourth-order valence-corrected chi connectivity index (χ4v) is 2.90. The molecule has 5 heteroatoms. The van der Waals surface area contributed by atoms with Crippen LogP contribution in [-0.4, -0.2) is 38.6 Å². The van der Waals surface area contributed by atoms with Crippen LogP contribution in [0.25, 0.3) is 0 Å². The molecule has 0 saturated carbocycles. The van der Waals surface area contributed by atoms with E-state index in [0.29, 0.717) is 12.5 Å². The van der Waals surface area contributed by atoms with Gasteiger partial charge in [0.2, 0.25) is 0 Å². The van der Waals surface area contributed by atoms with Crippen LogP contribution in [0.1, 0.15) is 22.7 Å². The Labute approximate surface area is 150 Å². The number of para-hydroxylation sites is 1. The Morgan fingerprint density at radius 1 is 1.16 bits per heavy atom. The van der Waals surface area contributed by atoms with Crippen molar-refractivity contribution in [3.8, 4) is 5.75 Å². The molecule has 0 fully saturated rings. The standard InChI is InChI=1S/C20H28N4O/c1-14-10-15(2)12-16(11-14)23-20(21)22-13-18(24(3)4)17-8-6-7-9-19(17)25-5/h6-12,18H,13H2,1-5H3,(H3,21,22,23). The molecule has 5 nitrogen and oxygen atoms in total. The quantitative estimate of drug-likeness (QED) is 0.625. The van der Waals surface area contributed by atoms with Crippen LogP contribution in [0.3, 0.4) is 0 Å². The van der Waals surface area contributed by atoms with Crippen LogP contribution >= 0.6 is 0 Å². The molecule has 0 radical (unpaired) electrons. The van der Waals surface area contributed by atoms with Crippen molar-refractivity contribution in [3.63, 3.8) is 0 Å². The summed E-state index contributed by atoms with van der Waals surface area (Å²) in [5, 5.41) is 3.18. The molecule has 0 aliphatic heterocycles. The highest BCUT2D eigenvalue weighted by atomic mass is 16.5. The van der Waals surface area contributed by atoms with Crippen LogP contribution in [0.15, 0.2) is 47.5 Å². The second-order valence-corrected chi connectivity index (χ2v) is 6.45. The van der Waals surface area contributed by atoms with E-state index in [2.05, 4.69) is 53.3 Å². The normalized spacial score (nSPS) is 13.0. The van der Waals surface area contributed by atoms with Crippen molar-refractivity contribution < 1.29 is 4.74 Å². The molecular weight excluding hydrogens is 312 g/mol. The van der Waals surface area contributed by atoms with Gasteiger partial charge in [-0.15, -0.1) is 0 Å². The minimum absolute atomic E-state index is 0.0794. The average molecular weight is 340 g/mol. The van der Waals surface area contributed by atoms with Crippen molar-refractivity contribution in [1.29, 1.82) is 0 Å². The molecule has 134 valence electrons. The first-order chi connectivity index (χ1) is 11.9. The van der Waals surface area contributed by atoms with E-state index in [1.807, 2.05) is 32.3 Å². The number of aryl methyl sites for hydroxylation is 2. The maximum Gasteiger partial charge on any atom is 0.193 e. The van der Waals surface area contributed by atoms with Crippen LogP contribution in [0.5, 0.6) is 5.75 Å². The number of hydrogen-bond acceptors (Lipinski definition) is 3. The summed E-state index contributed by atoms with van der Waals surface area (Å²) in [5.74, 6) is 1.27. The van der Waals surface area contributed by atoms with Crippen LogP contribution in [0, 0.1) is 13.8 Å². The average Bonchev–Trinajstić information content (AvgIpc) is 2.54. The van der Waals surface area contributed by atoms with Gasteiger partial charge in [-0.2, -0.15) is 0 Å². The second kappa shape index (κ2) is 8.53. The zero-order valence-corrected chi connectivity index (χ0v) is 15.7. The van der Waals surface area contributed by atoms with Gasteiger partial charge in [0.05, 0.1) is 19.7 Å². The lowest BCUT2D eigenvalue weighted by Gasteiger charge is -2.25. The van der Waals surface area contributed by atoms with E-state index in [0.717, 1.165) is 17.0 Å². The maximum absolute atomic E-state index is 6.09. The molecule has 25 heavy (non-hydrogen) atoms. The first kappa shape index (κ1) is 18.8. The number of anilines is 1. The Bertz CT molecular complexity index is 720. The summed E-state index contributed by atoms with van der Waals surface area (Å²) in [6.07, 6.45) is 0. The highest BCUT2D eigenvalue weighted by Crippen LogP contribution is 2.28. The molecule has 3 N–H and O–H groups in total. The summed E-state index contributed by atoms with van der Waals surface area (Å²) in [5.41, 5.74) is 10.5. The number of hydrogen-bond donors (Lipinski definition) is 2. The van der Waals surface area contributed by atoms with E-state index in [1.54, 1.807) is 7.11 Å². The zero-order chi connectivity index (χ0) is 18.4. The number of benzene rings is 2. The van der Waals surface area contributed by atoms with Gasteiger partial charge >= 0.3 is 0 Å². The van der Waals surface area contributed by atoms with Crippen molar-refractivity contribution in [2.75, 3.05) is 33.1 Å². The number of likely N-dealkylation sites (N-methyl/N-ethyl adjacent to an activating group) is 1. The number of nitrogens with zero attached hydrogens (tertiary/aromatic N) is 2. The van der Waals surface area contributed by atoms with Crippen molar-refractivity contribution in [3.05, 3.63) is 59.2 Å². The van der Waals surface area contributed by atoms with Gasteiger partial charge in [-0.25, -0.2) is 0 Å². The number of rotatable bonds is 6. The molecular formula is C20H28N4O. The number of ether oxygens (including phenoxy) is 1. The number of aliphatic imine (C=N–C) groups is 1. The van der Waals surface area contributed by atoms with E-state index in [1.165, 1.54) is 11.1 Å². The van der Waals surface area contributed by atoms with Gasteiger partial charge in [0.1, 0.15) is 5.75 Å². The van der Waals surface area contributed by atoms with Gasteiger partial charge in [-0.1, -0.05) is 24.3 Å². The molecule has 0 spiro atoms. The van der Waals surface area contributed by atoms with Crippen molar-refractivity contribution in [1.82, 2.24) is 4.90 Å². The molecule has 2 aromatic rings. The summed E-state index contributed by atoms with van der Waals surface area (Å²) in [7, 11) is 5.74. The largest absolute Gasteiger partial charge is 0.496 e. The molecule has 0 aliphatic carbocycles. The Kier molecular flexibility index (Phi) is 6.42. The molecule has 1 unspecified atom stereocenters. The van der Waals surface area contributed by atoms with Gasteiger partial charge in [-0.05, 0) is 57.3 Å². The third kappa shape index (κ3) is 5.22. The van der Waals surface area contributed by atoms with E-state index in [9.17, 15) is 0 Å². The molecule has 0 amide bonds. The highest BCUT2D eigenvalue weighted by molar-refractivity contribution is 5.92. The Balaban J connectivity index is 2.15. The molecule has 0 saturated heterocycles. The Morgan fingerprint density at radius 2 is 1.80 bits per heavy atom. The van der Waals surface area contributed by atoms with E-state index < -0.39 is 0 Å². The second-order valence-electron chi connectivity index (χ2n) is 6.45. The summed E-state index contributed by atoms with van der Waals surface area (Å²) in [6, 6.07) is 14.3. The predicted octanol–water partition coefficient (Wildman–Crippen LogP) is 3.34. The van der Waals surface area contributed by atoms with Gasteiger partial charge in [-0.3, -0.25) is 4.99 Å². The third-order valence-electron chi connectivity index (χ3n) is 4.05. The van der Waals surface area contributed by atoms with Crippen LogP contribution < -0.4 is 15.8 Å². The molecule has 0 heterocycles. The lowest BCUT2D eigenvalue weighted by atomic mass is 10.0. The van der Waals surface area contributed by atoms with E-state index >= 15 is 0 Å². The van der Waals surface area contributed by atoms with Crippen LogP contribution in [-0.2, 0) is 0 Å². The van der Waals surface area contributed by atoms with E-state index in [-0.39, 0.29) is 6.04 Å². The first-order valence-corrected chi connectivity index (χ1v) is 8.35. The Morgan fingerprint density at radius 3 is 2.40 bits per heavy atom. The summed E-state index contributed by atoms with van der Waals surface area (Å²) in [4.78, 5) is 6.65. The van der Waals surface area contributed by atoms with E-state index in [4.69, 9.17) is 10.5 Å². The topological polar surface area (TPSA) is 62.9 Å². The van der Waals surface area contributed by atoms with Crippen LogP contribution in [0.4, 0.5) is 5.69 Å². The number of nitrogens with two attached hydrogens (primary N) is 1. The summed E-state index contributed by atoms with van der Waals surface area (Å²) < 4.78 is 5.48. The molecule has 1 atom stereocenters. The molecule has 2 rings (SSSR count). The maximum atomic E-state index is 6.09. The van der Waals surface area contributed by atoms with Crippen molar-refractivity contribution in [2.24, 2.45) is 10.7 Å². The van der Waals surface area contributed by atoms with Crippen LogP contribution in [0.2, 0.25) is 0 Å². The lowest BCUT2D eigenvalue weighted by Crippen LogP contribution is -2.27. The SMILES string of the molecule is COc1ccccc1C(CN=C(N)Nc1cc(C)cc(C)c1)N(C)C. The molecule has 0 bridgehead atoms. The number of guanidine groups is 1. The number of nitrogens with one attached hydrogen (secondary N) is 1. The minimum atomic E-state index is 0.0794. The smallest absolute Gasteiger partial charge is 0.193 e. The van der Waals surface area contributed by atoms with Gasteiger partial charge in [0.15, 0.2) is 5.96 Å². The predicted molar refractivity (Wildman–Crippen MR) is 105 cm³/mol. The molecule has 0 aliphatic rings. The minimum Gasteiger partial charge on any atom is -0.496 e. The van der Waals surface area contributed by atoms with Crippen molar-refractivity contribution in [2.45, 2.75) is 19.9 Å². The van der Waals surface area contributed by atoms with Gasteiger partial charge < -0.3 is 20.7 Å². The summed E-state index contributed by atoms with van der Waals surface area (Å²) >= 11 is 0. The monoisotopic (exact) mass is 340 g/mol. The number of methoxy groups -OCH3 is 1. The molecule has 0 aromatic heterocycles.